The summed E-state index contributed by atoms with van der Waals surface area (Å²) in [6.45, 7) is 0.256. The number of benzene rings is 1. The maximum Gasteiger partial charge on any atom is 0.235 e. The molecule has 5 heteroatoms. The molecule has 5 nitrogen and oxygen atoms in total. The van der Waals surface area contributed by atoms with Crippen molar-refractivity contribution in [2.45, 2.75) is 12.5 Å². The van der Waals surface area contributed by atoms with E-state index in [1.54, 1.807) is 0 Å². The van der Waals surface area contributed by atoms with Crippen molar-refractivity contribution in [3.05, 3.63) is 23.8 Å². The lowest BCUT2D eigenvalue weighted by Crippen LogP contribution is -2.41. The lowest BCUT2D eigenvalue weighted by Gasteiger charge is -2.21. The summed E-state index contributed by atoms with van der Waals surface area (Å²) in [6, 6.07) is 5.36. The number of fused-ring (bicyclic) bond motifs is 1. The number of nitrogens with two attached hydrogens (primary N) is 1. The second-order valence-corrected chi connectivity index (χ2v) is 4.27. The summed E-state index contributed by atoms with van der Waals surface area (Å²) in [7, 11) is 3.67. The number of likely N-dealkylation sites (N-methyl/N-ethyl adjacent to an activating group) is 1. The molecule has 1 aliphatic heterocycles. The van der Waals surface area contributed by atoms with Crippen LogP contribution in [0.2, 0.25) is 0 Å². The largest absolute Gasteiger partial charge is 0.454 e. The summed E-state index contributed by atoms with van der Waals surface area (Å²) in [5.41, 5.74) is 6.37. The van der Waals surface area contributed by atoms with E-state index in [0.717, 1.165) is 17.1 Å². The van der Waals surface area contributed by atoms with Crippen LogP contribution in [-0.2, 0) is 11.2 Å². The maximum absolute atomic E-state index is 11.3. The van der Waals surface area contributed by atoms with Gasteiger partial charge >= 0.3 is 0 Å². The Morgan fingerprint density at radius 3 is 2.76 bits per heavy atom. The standard InChI is InChI=1S/C12H16N2O3/c1-14(2)9(12(13)15)5-8-3-4-10-11(6-8)17-7-16-10/h3-4,6,9H,5,7H2,1-2H3,(H2,13,15)/t9-/m0/s1. The number of ether oxygens (including phenoxy) is 2. The first-order valence-electron chi connectivity index (χ1n) is 5.42. The Hall–Kier alpha value is -1.75. The fourth-order valence-corrected chi connectivity index (χ4v) is 1.83. The van der Waals surface area contributed by atoms with E-state index in [1.165, 1.54) is 0 Å². The van der Waals surface area contributed by atoms with Crippen molar-refractivity contribution in [3.8, 4) is 11.5 Å². The molecule has 0 spiro atoms. The van der Waals surface area contributed by atoms with Crippen LogP contribution in [0, 0.1) is 0 Å². The van der Waals surface area contributed by atoms with E-state index >= 15 is 0 Å². The van der Waals surface area contributed by atoms with E-state index < -0.39 is 0 Å². The first-order valence-corrected chi connectivity index (χ1v) is 5.42. The fraction of sp³-hybridized carbons (Fsp3) is 0.417. The minimum Gasteiger partial charge on any atom is -0.454 e. The minimum absolute atomic E-state index is 0.256. The Kier molecular flexibility index (Phi) is 3.19. The van der Waals surface area contributed by atoms with Crippen LogP contribution in [0.15, 0.2) is 18.2 Å². The zero-order valence-electron chi connectivity index (χ0n) is 9.97. The predicted octanol–water partition coefficient (Wildman–Crippen LogP) is 0.373. The molecule has 0 saturated heterocycles. The highest BCUT2D eigenvalue weighted by molar-refractivity contribution is 5.80. The van der Waals surface area contributed by atoms with Crippen LogP contribution >= 0.6 is 0 Å². The van der Waals surface area contributed by atoms with Gasteiger partial charge in [-0.2, -0.15) is 0 Å². The molecule has 0 saturated carbocycles. The second kappa shape index (κ2) is 4.63. The fourth-order valence-electron chi connectivity index (χ4n) is 1.83. The van der Waals surface area contributed by atoms with E-state index in [4.69, 9.17) is 15.2 Å². The minimum atomic E-state index is -0.326. The SMILES string of the molecule is CN(C)[C@@H](Cc1ccc2c(c1)OCO2)C(N)=O. The third-order valence-electron chi connectivity index (χ3n) is 2.82. The van der Waals surface area contributed by atoms with E-state index in [0.29, 0.717) is 6.42 Å². The van der Waals surface area contributed by atoms with Crippen LogP contribution in [0.5, 0.6) is 11.5 Å². The Bertz CT molecular complexity index is 432. The van der Waals surface area contributed by atoms with Gasteiger partial charge in [-0.05, 0) is 38.2 Å². The number of nitrogens with zero attached hydrogens (tertiary/aromatic N) is 1. The molecule has 2 N–H and O–H groups in total. The smallest absolute Gasteiger partial charge is 0.235 e. The molecule has 92 valence electrons. The predicted molar refractivity (Wildman–Crippen MR) is 62.9 cm³/mol. The van der Waals surface area contributed by atoms with Crippen LogP contribution in [0.4, 0.5) is 0 Å². The first kappa shape index (κ1) is 11.7. The third kappa shape index (κ3) is 2.50. The van der Waals surface area contributed by atoms with Gasteiger partial charge in [0, 0.05) is 0 Å². The van der Waals surface area contributed by atoms with Gasteiger partial charge in [0.15, 0.2) is 11.5 Å². The lowest BCUT2D eigenvalue weighted by atomic mass is 10.0. The Balaban J connectivity index is 2.15. The van der Waals surface area contributed by atoms with E-state index in [2.05, 4.69) is 0 Å². The van der Waals surface area contributed by atoms with Crippen molar-refractivity contribution in [1.29, 1.82) is 0 Å². The molecule has 1 amide bonds. The van der Waals surface area contributed by atoms with E-state index in [1.807, 2.05) is 37.2 Å². The maximum atomic E-state index is 11.3. The highest BCUT2D eigenvalue weighted by atomic mass is 16.7. The average Bonchev–Trinajstić information content (AvgIpc) is 2.71. The van der Waals surface area contributed by atoms with Gasteiger partial charge in [-0.15, -0.1) is 0 Å². The summed E-state index contributed by atoms with van der Waals surface area (Å²) in [4.78, 5) is 13.1. The zero-order valence-corrected chi connectivity index (χ0v) is 9.97. The van der Waals surface area contributed by atoms with Crippen LogP contribution in [0.3, 0.4) is 0 Å². The zero-order chi connectivity index (χ0) is 12.4. The molecule has 0 unspecified atom stereocenters. The van der Waals surface area contributed by atoms with Gasteiger partial charge < -0.3 is 15.2 Å². The van der Waals surface area contributed by atoms with E-state index in [-0.39, 0.29) is 18.7 Å². The molecule has 1 aromatic rings. The van der Waals surface area contributed by atoms with Crippen LogP contribution in [0.25, 0.3) is 0 Å². The average molecular weight is 236 g/mol. The van der Waals surface area contributed by atoms with Crippen molar-refractivity contribution in [2.75, 3.05) is 20.9 Å². The molecule has 0 aliphatic carbocycles. The quantitative estimate of drug-likeness (QED) is 0.820. The molecule has 0 radical (unpaired) electrons. The van der Waals surface area contributed by atoms with Gasteiger partial charge in [-0.25, -0.2) is 0 Å². The topological polar surface area (TPSA) is 64.8 Å². The summed E-state index contributed by atoms with van der Waals surface area (Å²) >= 11 is 0. The number of rotatable bonds is 4. The van der Waals surface area contributed by atoms with Crippen molar-refractivity contribution in [1.82, 2.24) is 4.90 Å². The van der Waals surface area contributed by atoms with Gasteiger partial charge in [0.05, 0.1) is 6.04 Å². The monoisotopic (exact) mass is 236 g/mol. The second-order valence-electron chi connectivity index (χ2n) is 4.27. The summed E-state index contributed by atoms with van der Waals surface area (Å²) in [6.07, 6.45) is 0.568. The number of carbonyl (C=O) groups is 1. The molecule has 0 aromatic heterocycles. The highest BCUT2D eigenvalue weighted by Gasteiger charge is 2.20. The van der Waals surface area contributed by atoms with Crippen molar-refractivity contribution < 1.29 is 14.3 Å². The molecule has 1 aromatic carbocycles. The van der Waals surface area contributed by atoms with Gasteiger partial charge in [0.25, 0.3) is 0 Å². The number of hydrogen-bond donors (Lipinski definition) is 1. The molecule has 17 heavy (non-hydrogen) atoms. The number of hydrogen-bond acceptors (Lipinski definition) is 4. The summed E-state index contributed by atoms with van der Waals surface area (Å²) in [5.74, 6) is 1.14. The summed E-state index contributed by atoms with van der Waals surface area (Å²) < 4.78 is 10.5. The first-order chi connectivity index (χ1) is 8.08. The van der Waals surface area contributed by atoms with Crippen LogP contribution in [0.1, 0.15) is 5.56 Å². The van der Waals surface area contributed by atoms with Crippen LogP contribution in [-0.4, -0.2) is 37.7 Å². The van der Waals surface area contributed by atoms with Gasteiger partial charge in [0.2, 0.25) is 12.7 Å². The number of primary amides is 1. The van der Waals surface area contributed by atoms with E-state index in [9.17, 15) is 4.79 Å². The van der Waals surface area contributed by atoms with Gasteiger partial charge in [-0.3, -0.25) is 9.69 Å². The molecule has 1 heterocycles. The van der Waals surface area contributed by atoms with Crippen molar-refractivity contribution in [2.24, 2.45) is 5.73 Å². The van der Waals surface area contributed by atoms with Gasteiger partial charge in [-0.1, -0.05) is 6.07 Å². The summed E-state index contributed by atoms with van der Waals surface area (Å²) in [5, 5.41) is 0. The van der Waals surface area contributed by atoms with Crippen molar-refractivity contribution >= 4 is 5.91 Å². The Morgan fingerprint density at radius 2 is 2.12 bits per heavy atom. The van der Waals surface area contributed by atoms with Crippen molar-refractivity contribution in [3.63, 3.8) is 0 Å². The molecule has 0 fully saturated rings. The molecular weight excluding hydrogens is 220 g/mol. The molecular formula is C12H16N2O3. The van der Waals surface area contributed by atoms with Gasteiger partial charge in [0.1, 0.15) is 0 Å². The number of amides is 1. The highest BCUT2D eigenvalue weighted by Crippen LogP contribution is 2.32. The third-order valence-corrected chi connectivity index (χ3v) is 2.82. The molecule has 2 rings (SSSR count). The lowest BCUT2D eigenvalue weighted by molar-refractivity contribution is -0.122. The molecule has 1 atom stereocenters. The molecule has 0 bridgehead atoms. The normalized spacial score (nSPS) is 15.0. The number of carbonyl (C=O) groups excluding carboxylic acids is 1. The molecule has 1 aliphatic rings. The Labute approximate surface area is 100 Å². The Morgan fingerprint density at radius 1 is 1.41 bits per heavy atom. The van der Waals surface area contributed by atoms with Crippen LogP contribution < -0.4 is 15.2 Å².